The predicted octanol–water partition coefficient (Wildman–Crippen LogP) is 6.53. The van der Waals surface area contributed by atoms with Crippen LogP contribution in [0.15, 0.2) is 0 Å². The normalized spacial score (nSPS) is 14.6. The number of carbonyl (C=O) groups excluding carboxylic acids is 1. The Bertz CT molecular complexity index is 505. The van der Waals surface area contributed by atoms with Crippen molar-refractivity contribution < 1.29 is 24.6 Å². The van der Waals surface area contributed by atoms with Crippen LogP contribution in [0.2, 0.25) is 0 Å². The summed E-state index contributed by atoms with van der Waals surface area (Å²) in [6.07, 6.45) is 26.1. The lowest BCUT2D eigenvalue weighted by Crippen LogP contribution is -2.66. The molecule has 0 heterocycles. The maximum atomic E-state index is 12.1. The highest BCUT2D eigenvalue weighted by Gasteiger charge is 2.45. The van der Waals surface area contributed by atoms with Crippen molar-refractivity contribution >= 4 is 5.97 Å². The van der Waals surface area contributed by atoms with E-state index in [1.807, 2.05) is 21.1 Å². The number of aliphatic carboxylic acids is 1. The summed E-state index contributed by atoms with van der Waals surface area (Å²) in [5.41, 5.74) is -1.20. The number of carboxylic acids is 1. The zero-order valence-electron chi connectivity index (χ0n) is 24.7. The van der Waals surface area contributed by atoms with Crippen LogP contribution < -0.4 is 5.11 Å². The highest BCUT2D eigenvalue weighted by molar-refractivity contribution is 5.71. The van der Waals surface area contributed by atoms with Crippen LogP contribution in [0.3, 0.4) is 0 Å². The Morgan fingerprint density at radius 3 is 1.22 bits per heavy atom. The van der Waals surface area contributed by atoms with Crippen LogP contribution in [0.1, 0.15) is 155 Å². The summed E-state index contributed by atoms with van der Waals surface area (Å²) in [5.74, 6) is -1.13. The first-order chi connectivity index (χ1) is 17.2. The number of unbranched alkanes of at least 4 members (excludes halogenated alkanes) is 19. The summed E-state index contributed by atoms with van der Waals surface area (Å²) in [7, 11) is 5.56. The van der Waals surface area contributed by atoms with Crippen LogP contribution >= 0.6 is 0 Å². The fourth-order valence-electron chi connectivity index (χ4n) is 5.71. The molecule has 0 aromatic carbocycles. The molecule has 0 aliphatic carbocycles. The van der Waals surface area contributed by atoms with Gasteiger partial charge in [0.2, 0.25) is 0 Å². The molecule has 2 N–H and O–H groups in total. The lowest BCUT2D eigenvalue weighted by Gasteiger charge is -2.45. The molecule has 0 aromatic heterocycles. The van der Waals surface area contributed by atoms with Crippen LogP contribution in [0.4, 0.5) is 0 Å². The molecule has 2 atom stereocenters. The van der Waals surface area contributed by atoms with Gasteiger partial charge in [0.1, 0.15) is 11.6 Å². The first-order valence-electron chi connectivity index (χ1n) is 15.5. The van der Waals surface area contributed by atoms with Gasteiger partial charge >= 0.3 is 0 Å². The van der Waals surface area contributed by atoms with E-state index in [9.17, 15) is 15.0 Å². The van der Waals surface area contributed by atoms with Gasteiger partial charge in [-0.1, -0.05) is 135 Å². The molecule has 0 saturated heterocycles. The minimum absolute atomic E-state index is 0.189. The van der Waals surface area contributed by atoms with Crippen molar-refractivity contribution in [2.45, 2.75) is 166 Å². The first kappa shape index (κ1) is 35.4. The standard InChI is InChI=1S/C31H63NO4/c1-5-6-7-8-9-10-14-17-20-23-26-31(36,29(30(34)35)32(2,3)4)27-24-21-18-15-12-11-13-16-19-22-25-28-33/h29,33,36H,5-28H2,1-4H3. The molecule has 0 radical (unpaired) electrons. The lowest BCUT2D eigenvalue weighted by atomic mass is 9.81. The van der Waals surface area contributed by atoms with Crippen molar-refractivity contribution in [3.63, 3.8) is 0 Å². The van der Waals surface area contributed by atoms with E-state index in [4.69, 9.17) is 5.11 Å². The number of nitrogens with zero attached hydrogens (tertiary/aromatic N) is 1. The van der Waals surface area contributed by atoms with Gasteiger partial charge in [0.15, 0.2) is 6.04 Å². The molecule has 0 amide bonds. The summed E-state index contributed by atoms with van der Waals surface area (Å²) >= 11 is 0. The molecule has 5 nitrogen and oxygen atoms in total. The van der Waals surface area contributed by atoms with Gasteiger partial charge in [0.05, 0.1) is 21.1 Å². The molecule has 0 spiro atoms. The van der Waals surface area contributed by atoms with E-state index < -0.39 is 17.6 Å². The molecule has 5 heteroatoms. The van der Waals surface area contributed by atoms with Gasteiger partial charge in [-0.15, -0.1) is 0 Å². The fraction of sp³-hybridized carbons (Fsp3) is 0.968. The number of aliphatic hydroxyl groups excluding tert-OH is 1. The van der Waals surface area contributed by atoms with Gasteiger partial charge in [-0.2, -0.15) is 0 Å². The summed E-state index contributed by atoms with van der Waals surface area (Å²) in [6, 6.07) is -0.901. The van der Waals surface area contributed by atoms with Gasteiger partial charge in [-0.25, -0.2) is 0 Å². The number of quaternary nitrogens is 1. The van der Waals surface area contributed by atoms with Crippen LogP contribution in [0.5, 0.6) is 0 Å². The molecular formula is C31H63NO4. The number of carboxylic acid groups (broad SMARTS) is 1. The molecule has 0 rings (SSSR count). The molecule has 0 bridgehead atoms. The first-order valence-corrected chi connectivity index (χ1v) is 15.5. The molecular weight excluding hydrogens is 450 g/mol. The van der Waals surface area contributed by atoms with E-state index in [1.54, 1.807) is 0 Å². The quantitative estimate of drug-likeness (QED) is 0.0967. The van der Waals surface area contributed by atoms with E-state index in [1.165, 1.54) is 89.9 Å². The number of hydrogen-bond donors (Lipinski definition) is 2. The van der Waals surface area contributed by atoms with Crippen LogP contribution in [0, 0.1) is 0 Å². The summed E-state index contributed by atoms with van der Waals surface area (Å²) in [6.45, 7) is 2.56. The topological polar surface area (TPSA) is 80.6 Å². The van der Waals surface area contributed by atoms with Gasteiger partial charge in [0, 0.05) is 6.61 Å². The Labute approximate surface area is 224 Å². The van der Waals surface area contributed by atoms with E-state index in [0.29, 0.717) is 19.4 Å². The molecule has 2 unspecified atom stereocenters. The van der Waals surface area contributed by atoms with E-state index >= 15 is 0 Å². The second-order valence-corrected chi connectivity index (χ2v) is 12.2. The van der Waals surface area contributed by atoms with Crippen molar-refractivity contribution in [2.24, 2.45) is 0 Å². The Morgan fingerprint density at radius 2 is 0.944 bits per heavy atom. The second-order valence-electron chi connectivity index (χ2n) is 12.2. The van der Waals surface area contributed by atoms with Gasteiger partial charge in [0.25, 0.3) is 0 Å². The summed E-state index contributed by atoms with van der Waals surface area (Å²) in [5, 5.41) is 32.5. The molecule has 36 heavy (non-hydrogen) atoms. The third-order valence-corrected chi connectivity index (χ3v) is 7.74. The molecule has 0 aliphatic rings. The molecule has 0 saturated carbocycles. The number of aliphatic hydroxyl groups is 2. The zero-order valence-corrected chi connectivity index (χ0v) is 24.7. The SMILES string of the molecule is CCCCCCCCCCCCC(O)(CCCCCCCCCCCCCO)C(C(=O)[O-])[N+](C)(C)C. The zero-order chi connectivity index (χ0) is 27.1. The lowest BCUT2D eigenvalue weighted by molar-refractivity contribution is -0.897. The minimum atomic E-state index is -1.20. The van der Waals surface area contributed by atoms with Crippen molar-refractivity contribution in [3.8, 4) is 0 Å². The highest BCUT2D eigenvalue weighted by Crippen LogP contribution is 2.31. The average molecular weight is 514 g/mol. The molecule has 216 valence electrons. The van der Waals surface area contributed by atoms with Crippen LogP contribution in [-0.4, -0.2) is 60.1 Å². The molecule has 0 aliphatic heterocycles. The smallest absolute Gasteiger partial charge is 0.158 e. The average Bonchev–Trinajstić information content (AvgIpc) is 2.80. The van der Waals surface area contributed by atoms with Crippen LogP contribution in [0.25, 0.3) is 0 Å². The Balaban J connectivity index is 4.34. The number of hydrogen-bond acceptors (Lipinski definition) is 4. The Kier molecular flexibility index (Phi) is 21.9. The van der Waals surface area contributed by atoms with Gasteiger partial charge in [-0.05, 0) is 19.3 Å². The highest BCUT2D eigenvalue weighted by atomic mass is 16.4. The third kappa shape index (κ3) is 18.6. The van der Waals surface area contributed by atoms with E-state index in [0.717, 1.165) is 44.9 Å². The van der Waals surface area contributed by atoms with Crippen molar-refractivity contribution in [1.82, 2.24) is 0 Å². The maximum Gasteiger partial charge on any atom is 0.158 e. The van der Waals surface area contributed by atoms with Gasteiger partial charge in [-0.3, -0.25) is 0 Å². The van der Waals surface area contributed by atoms with Crippen molar-refractivity contribution in [1.29, 1.82) is 0 Å². The van der Waals surface area contributed by atoms with Crippen molar-refractivity contribution in [2.75, 3.05) is 27.7 Å². The second kappa shape index (κ2) is 22.3. The summed E-state index contributed by atoms with van der Waals surface area (Å²) < 4.78 is 0.189. The monoisotopic (exact) mass is 513 g/mol. The van der Waals surface area contributed by atoms with Crippen molar-refractivity contribution in [3.05, 3.63) is 0 Å². The molecule has 0 fully saturated rings. The van der Waals surface area contributed by atoms with Crippen LogP contribution in [-0.2, 0) is 4.79 Å². The number of likely N-dealkylation sites (N-methyl/N-ethyl adjacent to an activating group) is 1. The van der Waals surface area contributed by atoms with E-state index in [-0.39, 0.29) is 4.48 Å². The Hall–Kier alpha value is -0.650. The van der Waals surface area contributed by atoms with Gasteiger partial charge < -0.3 is 24.6 Å². The van der Waals surface area contributed by atoms with E-state index in [2.05, 4.69) is 6.92 Å². The fourth-order valence-corrected chi connectivity index (χ4v) is 5.71. The number of carbonyl (C=O) groups is 1. The maximum absolute atomic E-state index is 12.1. The predicted molar refractivity (Wildman–Crippen MR) is 151 cm³/mol. The number of rotatable bonds is 27. The largest absolute Gasteiger partial charge is 0.544 e. The molecule has 0 aromatic rings. The summed E-state index contributed by atoms with van der Waals surface area (Å²) in [4.78, 5) is 12.1. The minimum Gasteiger partial charge on any atom is -0.544 e. The Morgan fingerprint density at radius 1 is 0.639 bits per heavy atom. The third-order valence-electron chi connectivity index (χ3n) is 7.74.